The maximum absolute atomic E-state index is 13.9. The smallest absolute Gasteiger partial charge is 0.296 e. The van der Waals surface area contributed by atoms with Crippen molar-refractivity contribution in [3.63, 3.8) is 0 Å². The monoisotopic (exact) mass is 1530 g/mol. The summed E-state index contributed by atoms with van der Waals surface area (Å²) in [6, 6.07) is 17.2. The quantitative estimate of drug-likeness (QED) is 0.00514. The van der Waals surface area contributed by atoms with Gasteiger partial charge in [0.25, 0.3) is 42.2 Å². The molecule has 0 saturated carbocycles. The molecule has 0 radical (unpaired) electrons. The number of thiazole rings is 2. The molecule has 103 heavy (non-hydrogen) atoms. The Hall–Kier alpha value is -9.41. The molecule has 7 aromatic rings. The summed E-state index contributed by atoms with van der Waals surface area (Å²) in [5.41, 5.74) is 0.944. The zero-order valence-electron chi connectivity index (χ0n) is 57.4. The normalized spacial score (nSPS) is 14.0. The van der Waals surface area contributed by atoms with E-state index in [1.165, 1.54) is 76.6 Å². The molecule has 0 unspecified atom stereocenters. The molecule has 5 heterocycles. The van der Waals surface area contributed by atoms with E-state index in [0.717, 1.165) is 85.1 Å². The summed E-state index contributed by atoms with van der Waals surface area (Å²) in [7, 11) is -11.0. The molecule has 38 heteroatoms. The van der Waals surface area contributed by atoms with E-state index in [2.05, 4.69) is 31.5 Å². The average Bonchev–Trinajstić information content (AvgIpc) is 1.80. The van der Waals surface area contributed by atoms with Gasteiger partial charge in [-0.1, -0.05) is 58.7 Å². The van der Waals surface area contributed by atoms with Crippen molar-refractivity contribution >= 4 is 180 Å². The van der Waals surface area contributed by atoms with E-state index < -0.39 is 69.3 Å². The summed E-state index contributed by atoms with van der Waals surface area (Å²) >= 11 is 2.94. The Morgan fingerprint density at radius 3 is 1.29 bits per heavy atom. The second kappa shape index (κ2) is 34.7. The summed E-state index contributed by atoms with van der Waals surface area (Å²) < 4.78 is 115. The van der Waals surface area contributed by atoms with Crippen molar-refractivity contribution in [3.05, 3.63) is 93.7 Å². The Kier molecular flexibility index (Phi) is 26.2. The number of Topliss-reactive ketones (excluding diaryl/α,β-unsaturated/α-hetero) is 2. The van der Waals surface area contributed by atoms with Crippen LogP contribution in [0.25, 0.3) is 12.2 Å². The van der Waals surface area contributed by atoms with Crippen LogP contribution in [-0.4, -0.2) is 165 Å². The lowest BCUT2D eigenvalue weighted by molar-refractivity contribution is -0.120. The van der Waals surface area contributed by atoms with Crippen LogP contribution in [-0.2, 0) is 49.5 Å². The van der Waals surface area contributed by atoms with Crippen molar-refractivity contribution < 1.29 is 67.6 Å². The lowest BCUT2D eigenvalue weighted by Crippen LogP contribution is -2.30. The molecule has 0 bridgehead atoms. The number of anilines is 10. The number of hydrogen-bond acceptors (Lipinski definition) is 30. The second-order valence-electron chi connectivity index (χ2n) is 23.0. The van der Waals surface area contributed by atoms with Gasteiger partial charge >= 0.3 is 0 Å². The predicted octanol–water partition coefficient (Wildman–Crippen LogP) is 12.5. The summed E-state index contributed by atoms with van der Waals surface area (Å²) in [6.45, 7) is 14.8. The molecular weight excluding hydrogens is 1450 g/mol. The Bertz CT molecular complexity index is 4520. The molecule has 2 amide bonds. The first-order chi connectivity index (χ1) is 49.1. The van der Waals surface area contributed by atoms with Gasteiger partial charge < -0.3 is 50.3 Å². The van der Waals surface area contributed by atoms with Gasteiger partial charge in [0.15, 0.2) is 16.7 Å². The number of carbonyl (C=O) groups is 4. The van der Waals surface area contributed by atoms with E-state index in [0.29, 0.717) is 96.6 Å². The summed E-state index contributed by atoms with van der Waals surface area (Å²) in [5.74, 6) is -2.64. The molecule has 4 aromatic carbocycles. The first-order valence-corrected chi connectivity index (χ1v) is 39.6. The molecule has 9 rings (SSSR count). The number of rotatable bonds is 32. The Balaban J connectivity index is 1.13. The maximum atomic E-state index is 13.9. The number of benzene rings is 4. The first-order valence-electron chi connectivity index (χ1n) is 32.5. The second-order valence-corrected chi connectivity index (χ2v) is 30.5. The number of nitrogens with zero attached hydrogens (tertiary/aromatic N) is 13. The number of nitrogens with one attached hydrogen (secondary N) is 4. The molecule has 0 aliphatic carbocycles. The number of amides is 2. The van der Waals surface area contributed by atoms with Gasteiger partial charge in [-0.25, -0.2) is 0 Å². The lowest BCUT2D eigenvalue weighted by Gasteiger charge is -2.27. The SMILES string of the molecule is CCN(CC)c1cc(Nc2nc(Nc3cc(N(CC)CC)c(OC)cc3N=Nc3nc(N4CCCCC4)c(/C=C(\C(C)=O)C(=O)Nc4ccccc4S(=O)(=O)O)s3)nc(SCCS(=O)(=O)O)n2)c(N=Nc2nc(N3CCCCC3)c(/C=C(/C(C)=O)C(=O)Nc3ccccc3S(=O)(=O)O)s2)cc1OC. The van der Waals surface area contributed by atoms with Gasteiger partial charge in [-0.05, 0) is 129 Å². The van der Waals surface area contributed by atoms with Crippen LogP contribution in [0, 0.1) is 0 Å². The minimum Gasteiger partial charge on any atom is -0.494 e. The molecule has 2 aliphatic rings. The Labute approximate surface area is 607 Å². The summed E-state index contributed by atoms with van der Waals surface area (Å²) in [6.07, 6.45) is 7.93. The largest absolute Gasteiger partial charge is 0.494 e. The van der Waals surface area contributed by atoms with Crippen LogP contribution < -0.4 is 50.3 Å². The van der Waals surface area contributed by atoms with E-state index >= 15 is 0 Å². The van der Waals surface area contributed by atoms with E-state index in [-0.39, 0.29) is 78.3 Å². The van der Waals surface area contributed by atoms with Crippen molar-refractivity contribution in [2.24, 2.45) is 20.5 Å². The number of aromatic nitrogens is 5. The number of hydrogen-bond donors (Lipinski definition) is 7. The molecule has 32 nitrogen and oxygen atoms in total. The molecule has 548 valence electrons. The summed E-state index contributed by atoms with van der Waals surface area (Å²) in [4.78, 5) is 86.1. The van der Waals surface area contributed by atoms with Crippen LogP contribution in [0.15, 0.2) is 119 Å². The van der Waals surface area contributed by atoms with Crippen molar-refractivity contribution in [3.8, 4) is 11.5 Å². The molecule has 0 atom stereocenters. The van der Waals surface area contributed by atoms with Crippen LogP contribution in [0.2, 0.25) is 0 Å². The number of piperidine rings is 2. The number of para-hydroxylation sites is 2. The van der Waals surface area contributed by atoms with Gasteiger partial charge in [-0.3, -0.25) is 32.8 Å². The van der Waals surface area contributed by atoms with Crippen molar-refractivity contribution in [1.29, 1.82) is 0 Å². The van der Waals surface area contributed by atoms with Gasteiger partial charge in [0.1, 0.15) is 44.3 Å². The van der Waals surface area contributed by atoms with Gasteiger partial charge in [0.05, 0.1) is 75.0 Å². The van der Waals surface area contributed by atoms with Gasteiger partial charge in [-0.2, -0.15) is 50.2 Å². The molecule has 2 aliphatic heterocycles. The number of thioether (sulfide) groups is 1. The van der Waals surface area contributed by atoms with E-state index in [1.54, 1.807) is 24.3 Å². The Morgan fingerprint density at radius 2 is 0.942 bits per heavy atom. The van der Waals surface area contributed by atoms with Crippen LogP contribution in [0.5, 0.6) is 11.5 Å². The number of azo groups is 2. The van der Waals surface area contributed by atoms with Crippen LogP contribution in [0.3, 0.4) is 0 Å². The number of carbonyl (C=O) groups excluding carboxylic acids is 4. The highest BCUT2D eigenvalue weighted by Crippen LogP contribution is 2.45. The van der Waals surface area contributed by atoms with Crippen LogP contribution in [0.1, 0.15) is 89.8 Å². The van der Waals surface area contributed by atoms with Crippen molar-refractivity contribution in [2.75, 3.05) is 119 Å². The topological polar surface area (TPSA) is 425 Å². The zero-order chi connectivity index (χ0) is 74.3. The zero-order valence-corrected chi connectivity index (χ0v) is 62.3. The van der Waals surface area contributed by atoms with E-state index in [9.17, 15) is 58.1 Å². The fourth-order valence-corrected chi connectivity index (χ4v) is 15.7. The third-order valence-electron chi connectivity index (χ3n) is 16.2. The highest BCUT2D eigenvalue weighted by molar-refractivity contribution is 8.00. The molecule has 2 fully saturated rings. The lowest BCUT2D eigenvalue weighted by atomic mass is 10.1. The average molecular weight is 1530 g/mol. The number of ether oxygens (including phenoxy) is 2. The van der Waals surface area contributed by atoms with Crippen molar-refractivity contribution in [2.45, 2.75) is 95.0 Å². The fraction of sp³-hybridized carbons (Fsp3) is 0.369. The van der Waals surface area contributed by atoms with Gasteiger partial charge in [0, 0.05) is 70.2 Å². The first kappa shape index (κ1) is 77.7. The standard InChI is InChI=1S/C65H77N17O15S6/c1-9-79(10-2)49-35-45(47(37-51(49)96-7)75-77-64-70-57(81-27-19-13-20-28-81)53(99-64)33-41(39(5)83)59(85)66-43-23-15-17-25-55(43)102(90,91)92)68-61-72-62(74-63(73-61)98-31-32-101(87,88)89)69-46-36-50(80(11-3)12-4)52(97-8)38-48(46)76-78-65-71-58(82-29-21-14-22-30-82)54(100-65)34-42(40(6)84)60(86)67-44-24-16-18-26-56(44)103(93,94)95/h15-18,23-26,33-38H,9-14,19-22,27-32H2,1-8H3,(H,66,85)(H,67,86)(H,87,88,89)(H,90,91,92)(H,93,94,95)(H2,68,69,72,73,74)/b41-33-,42-34+,77-75?,78-76?. The molecule has 3 aromatic heterocycles. The summed E-state index contributed by atoms with van der Waals surface area (Å²) in [5, 5.41) is 30.4. The van der Waals surface area contributed by atoms with E-state index in [1.807, 2.05) is 47.3 Å². The number of ketones is 2. The molecule has 0 spiro atoms. The predicted molar refractivity (Wildman–Crippen MR) is 398 cm³/mol. The third-order valence-corrected chi connectivity index (χ3v) is 21.6. The minimum atomic E-state index is -4.78. The van der Waals surface area contributed by atoms with E-state index in [4.69, 9.17) is 44.6 Å². The maximum Gasteiger partial charge on any atom is 0.296 e. The molecule has 7 N–H and O–H groups in total. The highest BCUT2D eigenvalue weighted by atomic mass is 32.2. The Morgan fingerprint density at radius 1 is 0.553 bits per heavy atom. The minimum absolute atomic E-state index is 0.00492. The number of methoxy groups -OCH3 is 2. The van der Waals surface area contributed by atoms with Crippen LogP contribution >= 0.6 is 34.4 Å². The molecule has 2 saturated heterocycles. The fourth-order valence-electron chi connectivity index (χ4n) is 11.1. The van der Waals surface area contributed by atoms with Gasteiger partial charge in [0.2, 0.25) is 22.2 Å². The van der Waals surface area contributed by atoms with Crippen molar-refractivity contribution in [1.82, 2.24) is 24.9 Å². The third kappa shape index (κ3) is 20.3. The molecular formula is C65H77N17O15S6. The van der Waals surface area contributed by atoms with Crippen LogP contribution in [0.4, 0.5) is 79.3 Å². The highest BCUT2D eigenvalue weighted by Gasteiger charge is 2.28. The van der Waals surface area contributed by atoms with Gasteiger partial charge in [-0.15, -0.1) is 20.5 Å².